The molecular formula is C10H20N2OS. The first-order chi connectivity index (χ1) is 6.77. The quantitative estimate of drug-likeness (QED) is 0.720. The number of hydrogen-bond donors (Lipinski definition) is 2. The first kappa shape index (κ1) is 11.9. The maximum absolute atomic E-state index is 11.7. The molecule has 1 amide bonds. The third-order valence-corrected chi connectivity index (χ3v) is 3.32. The van der Waals surface area contributed by atoms with E-state index in [1.165, 1.54) is 0 Å². The van der Waals surface area contributed by atoms with E-state index in [0.717, 1.165) is 31.6 Å². The van der Waals surface area contributed by atoms with Crippen molar-refractivity contribution in [3.05, 3.63) is 0 Å². The molecule has 1 heterocycles. The second-order valence-electron chi connectivity index (χ2n) is 3.72. The molecule has 0 aromatic carbocycles. The van der Waals surface area contributed by atoms with Crippen molar-refractivity contribution in [2.45, 2.75) is 38.3 Å². The van der Waals surface area contributed by atoms with E-state index in [1.54, 1.807) is 11.8 Å². The molecule has 0 aromatic heterocycles. The number of thioether (sulfide) groups is 1. The Bertz CT molecular complexity index is 181. The molecule has 4 heteroatoms. The van der Waals surface area contributed by atoms with E-state index in [9.17, 15) is 4.79 Å². The highest BCUT2D eigenvalue weighted by Gasteiger charge is 2.23. The third kappa shape index (κ3) is 3.50. The van der Waals surface area contributed by atoms with Crippen LogP contribution in [0.1, 0.15) is 26.2 Å². The van der Waals surface area contributed by atoms with Crippen LogP contribution >= 0.6 is 11.8 Å². The maximum atomic E-state index is 11.7. The van der Waals surface area contributed by atoms with Crippen molar-refractivity contribution >= 4 is 17.7 Å². The normalized spacial score (nSPS) is 23.4. The average molecular weight is 216 g/mol. The minimum absolute atomic E-state index is 0.0610. The molecular weight excluding hydrogens is 196 g/mol. The van der Waals surface area contributed by atoms with Crippen molar-refractivity contribution in [2.24, 2.45) is 0 Å². The molecule has 1 fully saturated rings. The molecule has 1 rings (SSSR count). The topological polar surface area (TPSA) is 41.1 Å². The van der Waals surface area contributed by atoms with Gasteiger partial charge in [0.15, 0.2) is 0 Å². The van der Waals surface area contributed by atoms with Crippen molar-refractivity contribution in [1.82, 2.24) is 10.6 Å². The fourth-order valence-electron chi connectivity index (χ4n) is 1.67. The van der Waals surface area contributed by atoms with Gasteiger partial charge in [0.2, 0.25) is 5.91 Å². The molecule has 0 radical (unpaired) electrons. The predicted molar refractivity (Wildman–Crippen MR) is 61.6 cm³/mol. The van der Waals surface area contributed by atoms with E-state index >= 15 is 0 Å². The van der Waals surface area contributed by atoms with Gasteiger partial charge in [-0.3, -0.25) is 4.79 Å². The van der Waals surface area contributed by atoms with E-state index in [4.69, 9.17) is 0 Å². The summed E-state index contributed by atoms with van der Waals surface area (Å²) in [6, 6.07) is 0.394. The van der Waals surface area contributed by atoms with Crippen LogP contribution in [-0.4, -0.2) is 36.5 Å². The Morgan fingerprint density at radius 3 is 3.00 bits per heavy atom. The van der Waals surface area contributed by atoms with Gasteiger partial charge >= 0.3 is 0 Å². The summed E-state index contributed by atoms with van der Waals surface area (Å²) in [7, 11) is 0. The summed E-state index contributed by atoms with van der Waals surface area (Å²) in [4.78, 5) is 11.7. The molecule has 0 bridgehead atoms. The van der Waals surface area contributed by atoms with Gasteiger partial charge in [-0.05, 0) is 32.1 Å². The van der Waals surface area contributed by atoms with Crippen LogP contribution in [0.25, 0.3) is 0 Å². The second-order valence-corrected chi connectivity index (χ2v) is 4.63. The highest BCUT2D eigenvalue weighted by molar-refractivity contribution is 7.98. The molecule has 0 aromatic rings. The Morgan fingerprint density at radius 2 is 2.50 bits per heavy atom. The molecule has 0 spiro atoms. The lowest BCUT2D eigenvalue weighted by atomic mass is 10.2. The van der Waals surface area contributed by atoms with Crippen LogP contribution in [0.5, 0.6) is 0 Å². The monoisotopic (exact) mass is 216 g/mol. The number of rotatable bonds is 5. The summed E-state index contributed by atoms with van der Waals surface area (Å²) in [5.41, 5.74) is 0. The van der Waals surface area contributed by atoms with Crippen LogP contribution in [-0.2, 0) is 4.79 Å². The summed E-state index contributed by atoms with van der Waals surface area (Å²) in [6.45, 7) is 3.10. The first-order valence-electron chi connectivity index (χ1n) is 5.30. The van der Waals surface area contributed by atoms with Gasteiger partial charge in [0.1, 0.15) is 0 Å². The summed E-state index contributed by atoms with van der Waals surface area (Å²) in [5.74, 6) is 1.19. The second kappa shape index (κ2) is 6.30. The fraction of sp³-hybridized carbons (Fsp3) is 0.900. The van der Waals surface area contributed by atoms with E-state index < -0.39 is 0 Å². The van der Waals surface area contributed by atoms with Gasteiger partial charge in [-0.1, -0.05) is 6.92 Å². The van der Waals surface area contributed by atoms with Gasteiger partial charge in [-0.2, -0.15) is 11.8 Å². The zero-order valence-corrected chi connectivity index (χ0v) is 9.82. The van der Waals surface area contributed by atoms with Gasteiger partial charge in [0.05, 0.1) is 6.04 Å². The van der Waals surface area contributed by atoms with E-state index in [2.05, 4.69) is 23.8 Å². The number of amides is 1. The molecule has 1 unspecified atom stereocenters. The van der Waals surface area contributed by atoms with Gasteiger partial charge in [0.25, 0.3) is 0 Å². The molecule has 1 aliphatic heterocycles. The molecule has 0 saturated carbocycles. The summed E-state index contributed by atoms with van der Waals surface area (Å²) >= 11 is 1.78. The van der Waals surface area contributed by atoms with Crippen molar-refractivity contribution in [3.63, 3.8) is 0 Å². The lowest BCUT2D eigenvalue weighted by molar-refractivity contribution is -0.123. The predicted octanol–water partition coefficient (Wildman–Crippen LogP) is 0.996. The van der Waals surface area contributed by atoms with Gasteiger partial charge < -0.3 is 10.6 Å². The minimum Gasteiger partial charge on any atom is -0.351 e. The molecule has 14 heavy (non-hydrogen) atoms. The Kier molecular flexibility index (Phi) is 5.33. The van der Waals surface area contributed by atoms with Crippen LogP contribution in [0.3, 0.4) is 0 Å². The standard InChI is InChI=1S/C10H20N2OS/c1-3-8(7-14-2)12-10(13)9-5-4-6-11-9/h8-9,11H,3-7H2,1-2H3,(H,12,13)/t8?,9-/m1/s1. The van der Waals surface area contributed by atoms with Crippen LogP contribution in [0.15, 0.2) is 0 Å². The number of carbonyl (C=O) groups is 1. The van der Waals surface area contributed by atoms with E-state index in [0.29, 0.717) is 6.04 Å². The van der Waals surface area contributed by atoms with Gasteiger partial charge in [-0.15, -0.1) is 0 Å². The molecule has 2 N–H and O–H groups in total. The third-order valence-electron chi connectivity index (χ3n) is 2.58. The molecule has 82 valence electrons. The smallest absolute Gasteiger partial charge is 0.237 e. The first-order valence-corrected chi connectivity index (χ1v) is 6.70. The zero-order valence-electron chi connectivity index (χ0n) is 9.01. The van der Waals surface area contributed by atoms with Crippen LogP contribution in [0.2, 0.25) is 0 Å². The molecule has 2 atom stereocenters. The SMILES string of the molecule is CCC(CSC)NC(=O)[C@H]1CCCN1. The van der Waals surface area contributed by atoms with Crippen molar-refractivity contribution in [3.8, 4) is 0 Å². The molecule has 1 aliphatic rings. The molecule has 3 nitrogen and oxygen atoms in total. The van der Waals surface area contributed by atoms with Crippen molar-refractivity contribution in [2.75, 3.05) is 18.6 Å². The average Bonchev–Trinajstić information content (AvgIpc) is 2.69. The van der Waals surface area contributed by atoms with Crippen LogP contribution in [0.4, 0.5) is 0 Å². The largest absolute Gasteiger partial charge is 0.351 e. The zero-order chi connectivity index (χ0) is 10.4. The molecule has 0 aliphatic carbocycles. The maximum Gasteiger partial charge on any atom is 0.237 e. The lowest BCUT2D eigenvalue weighted by Crippen LogP contribution is -2.45. The lowest BCUT2D eigenvalue weighted by Gasteiger charge is -2.18. The highest BCUT2D eigenvalue weighted by atomic mass is 32.2. The van der Waals surface area contributed by atoms with E-state index in [-0.39, 0.29) is 11.9 Å². The summed E-state index contributed by atoms with van der Waals surface area (Å²) in [6.07, 6.45) is 5.20. The summed E-state index contributed by atoms with van der Waals surface area (Å²) < 4.78 is 0. The molecule has 1 saturated heterocycles. The van der Waals surface area contributed by atoms with E-state index in [1.807, 2.05) is 0 Å². The Hall–Kier alpha value is -0.220. The van der Waals surface area contributed by atoms with Crippen LogP contribution in [0, 0.1) is 0 Å². The van der Waals surface area contributed by atoms with Crippen LogP contribution < -0.4 is 10.6 Å². The number of nitrogens with one attached hydrogen (secondary N) is 2. The highest BCUT2D eigenvalue weighted by Crippen LogP contribution is 2.07. The summed E-state index contributed by atoms with van der Waals surface area (Å²) in [5, 5.41) is 6.30. The number of carbonyl (C=O) groups excluding carboxylic acids is 1. The van der Waals surface area contributed by atoms with Crippen molar-refractivity contribution < 1.29 is 4.79 Å². The van der Waals surface area contributed by atoms with Crippen molar-refractivity contribution in [1.29, 1.82) is 0 Å². The minimum atomic E-state index is 0.0610. The number of hydrogen-bond acceptors (Lipinski definition) is 3. The van der Waals surface area contributed by atoms with Gasteiger partial charge in [-0.25, -0.2) is 0 Å². The Morgan fingerprint density at radius 1 is 1.71 bits per heavy atom. The van der Waals surface area contributed by atoms with Gasteiger partial charge in [0, 0.05) is 11.8 Å². The Balaban J connectivity index is 2.29. The Labute approximate surface area is 90.4 Å². The fourth-order valence-corrected chi connectivity index (χ4v) is 2.39.